The molecule has 0 aliphatic rings. The summed E-state index contributed by atoms with van der Waals surface area (Å²) >= 11 is 3.41. The maximum Gasteiger partial charge on any atom is 0.332 e. The van der Waals surface area contributed by atoms with Crippen molar-refractivity contribution in [1.29, 1.82) is 0 Å². The fraction of sp³-hybridized carbons (Fsp3) is 0.0526. The van der Waals surface area contributed by atoms with E-state index in [0.717, 1.165) is 4.47 Å². The standard InChI is InChI=1S/C19H14BrN5O3/c1-28-13-7-3-6-12(9-13)25-18-15(23-19(25)27)14(16(21)26)22-17(24-18)10-4-2-5-11(20)8-10/h2-9H,1H3,(H2,21,26)(H,23,27). The summed E-state index contributed by atoms with van der Waals surface area (Å²) in [6.07, 6.45) is 0. The molecule has 4 aromatic rings. The van der Waals surface area contributed by atoms with Gasteiger partial charge in [0.1, 0.15) is 11.3 Å². The first-order valence-corrected chi connectivity index (χ1v) is 9.00. The Kier molecular flexibility index (Phi) is 4.44. The van der Waals surface area contributed by atoms with Gasteiger partial charge in [-0.25, -0.2) is 19.3 Å². The number of aromatic nitrogens is 4. The third-order valence-corrected chi connectivity index (χ3v) is 4.66. The number of benzene rings is 2. The van der Waals surface area contributed by atoms with Crippen LogP contribution in [0.15, 0.2) is 57.8 Å². The number of carbonyl (C=O) groups is 1. The third kappa shape index (κ3) is 3.05. The van der Waals surface area contributed by atoms with E-state index >= 15 is 0 Å². The molecule has 0 radical (unpaired) electrons. The molecule has 0 saturated heterocycles. The number of halogens is 1. The average molecular weight is 440 g/mol. The van der Waals surface area contributed by atoms with E-state index in [9.17, 15) is 9.59 Å². The molecule has 0 atom stereocenters. The highest BCUT2D eigenvalue weighted by molar-refractivity contribution is 9.10. The van der Waals surface area contributed by atoms with Crippen LogP contribution in [0, 0.1) is 0 Å². The lowest BCUT2D eigenvalue weighted by Crippen LogP contribution is -2.15. The normalized spacial score (nSPS) is 10.9. The summed E-state index contributed by atoms with van der Waals surface area (Å²) in [4.78, 5) is 36.1. The maximum absolute atomic E-state index is 12.7. The van der Waals surface area contributed by atoms with E-state index in [0.29, 0.717) is 17.0 Å². The fourth-order valence-electron chi connectivity index (χ4n) is 2.91. The first-order valence-electron chi connectivity index (χ1n) is 8.21. The number of aromatic amines is 1. The maximum atomic E-state index is 12.7. The Morgan fingerprint density at radius 1 is 1.18 bits per heavy atom. The molecule has 8 nitrogen and oxygen atoms in total. The second-order valence-corrected chi connectivity index (χ2v) is 6.85. The lowest BCUT2D eigenvalue weighted by molar-refractivity contribution is 0.0997. The fourth-order valence-corrected chi connectivity index (χ4v) is 3.31. The van der Waals surface area contributed by atoms with Gasteiger partial charge in [-0.05, 0) is 24.3 Å². The van der Waals surface area contributed by atoms with E-state index < -0.39 is 11.6 Å². The zero-order valence-corrected chi connectivity index (χ0v) is 16.2. The Bertz CT molecular complexity index is 1280. The number of carbonyl (C=O) groups excluding carboxylic acids is 1. The number of rotatable bonds is 4. The van der Waals surface area contributed by atoms with Gasteiger partial charge in [0.15, 0.2) is 17.2 Å². The summed E-state index contributed by atoms with van der Waals surface area (Å²) in [6, 6.07) is 14.2. The molecule has 4 rings (SSSR count). The van der Waals surface area contributed by atoms with Gasteiger partial charge < -0.3 is 15.5 Å². The average Bonchev–Trinajstić information content (AvgIpc) is 3.02. The van der Waals surface area contributed by atoms with E-state index in [1.165, 1.54) is 11.7 Å². The number of hydrogen-bond acceptors (Lipinski definition) is 5. The lowest BCUT2D eigenvalue weighted by atomic mass is 10.2. The van der Waals surface area contributed by atoms with E-state index in [-0.39, 0.29) is 22.7 Å². The first-order chi connectivity index (χ1) is 13.5. The highest BCUT2D eigenvalue weighted by atomic mass is 79.9. The third-order valence-electron chi connectivity index (χ3n) is 4.16. The Balaban J connectivity index is 2.05. The quantitative estimate of drug-likeness (QED) is 0.506. The number of H-pyrrole nitrogens is 1. The molecule has 2 heterocycles. The number of hydrogen-bond donors (Lipinski definition) is 2. The minimum atomic E-state index is -0.761. The van der Waals surface area contributed by atoms with Crippen LogP contribution in [-0.4, -0.2) is 32.5 Å². The molecule has 0 unspecified atom stereocenters. The topological polar surface area (TPSA) is 116 Å². The van der Waals surface area contributed by atoms with Crippen LogP contribution in [0.25, 0.3) is 28.2 Å². The molecule has 28 heavy (non-hydrogen) atoms. The van der Waals surface area contributed by atoms with E-state index in [1.54, 1.807) is 30.3 Å². The Hall–Kier alpha value is -3.46. The molecule has 140 valence electrons. The van der Waals surface area contributed by atoms with E-state index in [4.69, 9.17) is 10.5 Å². The molecule has 0 aliphatic heterocycles. The largest absolute Gasteiger partial charge is 0.497 e. The number of primary amides is 1. The van der Waals surface area contributed by atoms with Gasteiger partial charge in [-0.15, -0.1) is 0 Å². The van der Waals surface area contributed by atoms with Gasteiger partial charge in [-0.2, -0.15) is 0 Å². The van der Waals surface area contributed by atoms with Crippen LogP contribution < -0.4 is 16.2 Å². The number of imidazole rings is 1. The number of methoxy groups -OCH3 is 1. The van der Waals surface area contributed by atoms with Crippen LogP contribution in [0.1, 0.15) is 10.5 Å². The van der Waals surface area contributed by atoms with Crippen molar-refractivity contribution >= 4 is 33.0 Å². The number of nitrogens with zero attached hydrogens (tertiary/aromatic N) is 3. The van der Waals surface area contributed by atoms with Crippen molar-refractivity contribution in [2.75, 3.05) is 7.11 Å². The zero-order chi connectivity index (χ0) is 19.8. The Morgan fingerprint density at radius 2 is 1.96 bits per heavy atom. The molecule has 0 bridgehead atoms. The van der Waals surface area contributed by atoms with Crippen LogP contribution >= 0.6 is 15.9 Å². The van der Waals surface area contributed by atoms with Crippen LogP contribution in [0.5, 0.6) is 5.75 Å². The van der Waals surface area contributed by atoms with Crippen molar-refractivity contribution in [1.82, 2.24) is 19.5 Å². The molecular weight excluding hydrogens is 426 g/mol. The first kappa shape index (κ1) is 17.9. The van der Waals surface area contributed by atoms with Crippen molar-refractivity contribution in [3.05, 3.63) is 69.2 Å². The van der Waals surface area contributed by atoms with Gasteiger partial charge in [0.25, 0.3) is 5.91 Å². The molecule has 9 heteroatoms. The second kappa shape index (κ2) is 6.93. The highest BCUT2D eigenvalue weighted by Gasteiger charge is 2.20. The van der Waals surface area contributed by atoms with Crippen molar-refractivity contribution in [3.8, 4) is 22.8 Å². The molecule has 0 spiro atoms. The number of fused-ring (bicyclic) bond motifs is 1. The monoisotopic (exact) mass is 439 g/mol. The molecule has 0 saturated carbocycles. The van der Waals surface area contributed by atoms with Crippen LogP contribution in [-0.2, 0) is 0 Å². The number of nitrogens with two attached hydrogens (primary N) is 1. The number of amides is 1. The van der Waals surface area contributed by atoms with Crippen molar-refractivity contribution in [2.24, 2.45) is 5.73 Å². The molecular formula is C19H14BrN5O3. The summed E-state index contributed by atoms with van der Waals surface area (Å²) in [5, 5.41) is 0. The number of nitrogens with one attached hydrogen (secondary N) is 1. The molecule has 0 aliphatic carbocycles. The van der Waals surface area contributed by atoms with Crippen LogP contribution in [0.3, 0.4) is 0 Å². The van der Waals surface area contributed by atoms with Crippen molar-refractivity contribution < 1.29 is 9.53 Å². The predicted molar refractivity (Wildman–Crippen MR) is 108 cm³/mol. The van der Waals surface area contributed by atoms with E-state index in [1.807, 2.05) is 18.2 Å². The molecule has 1 amide bonds. The summed E-state index contributed by atoms with van der Waals surface area (Å²) in [5.41, 5.74) is 6.62. The molecule has 0 fully saturated rings. The van der Waals surface area contributed by atoms with Gasteiger partial charge in [-0.1, -0.05) is 34.1 Å². The van der Waals surface area contributed by atoms with Gasteiger partial charge >= 0.3 is 5.69 Å². The SMILES string of the molecule is COc1cccc(-n2c(=O)[nH]c3c(C(N)=O)nc(-c4cccc(Br)c4)nc32)c1. The Labute approximate surface area is 167 Å². The summed E-state index contributed by atoms with van der Waals surface area (Å²) in [7, 11) is 1.54. The molecule has 3 N–H and O–H groups in total. The van der Waals surface area contributed by atoms with Gasteiger partial charge in [0, 0.05) is 16.1 Å². The van der Waals surface area contributed by atoms with Gasteiger partial charge in [0.05, 0.1) is 12.8 Å². The van der Waals surface area contributed by atoms with Crippen molar-refractivity contribution in [2.45, 2.75) is 0 Å². The Morgan fingerprint density at radius 3 is 2.68 bits per heavy atom. The summed E-state index contributed by atoms with van der Waals surface area (Å²) < 4.78 is 7.42. The minimum Gasteiger partial charge on any atom is -0.497 e. The summed E-state index contributed by atoms with van der Waals surface area (Å²) in [6.45, 7) is 0. The van der Waals surface area contributed by atoms with Crippen LogP contribution in [0.4, 0.5) is 0 Å². The molecule has 2 aromatic carbocycles. The second-order valence-electron chi connectivity index (χ2n) is 5.94. The van der Waals surface area contributed by atoms with Gasteiger partial charge in [-0.3, -0.25) is 4.79 Å². The van der Waals surface area contributed by atoms with E-state index in [2.05, 4.69) is 30.9 Å². The van der Waals surface area contributed by atoms with Crippen molar-refractivity contribution in [3.63, 3.8) is 0 Å². The smallest absolute Gasteiger partial charge is 0.332 e. The van der Waals surface area contributed by atoms with Gasteiger partial charge in [0.2, 0.25) is 0 Å². The molecule has 2 aromatic heterocycles. The lowest BCUT2D eigenvalue weighted by Gasteiger charge is -2.08. The predicted octanol–water partition coefficient (Wildman–Crippen LogP) is 2.65. The zero-order valence-electron chi connectivity index (χ0n) is 14.6. The van der Waals surface area contributed by atoms with Crippen LogP contribution in [0.2, 0.25) is 0 Å². The highest BCUT2D eigenvalue weighted by Crippen LogP contribution is 2.25. The minimum absolute atomic E-state index is 0.0567. The summed E-state index contributed by atoms with van der Waals surface area (Å²) in [5.74, 6) is 0.0936. The number of ether oxygens (including phenoxy) is 1.